The van der Waals surface area contributed by atoms with E-state index >= 15 is 0 Å². The monoisotopic (exact) mass is 407 g/mol. The Kier molecular flexibility index (Phi) is 4.93. The summed E-state index contributed by atoms with van der Waals surface area (Å²) in [5.74, 6) is 0. The van der Waals surface area contributed by atoms with Crippen LogP contribution >= 0.6 is 0 Å². The molecule has 31 heavy (non-hydrogen) atoms. The van der Waals surface area contributed by atoms with Crippen LogP contribution in [-0.2, 0) is 0 Å². The molecule has 5 heteroatoms. The lowest BCUT2D eigenvalue weighted by molar-refractivity contribution is 0.312. The Bertz CT molecular complexity index is 1270. The molecule has 1 aliphatic heterocycles. The van der Waals surface area contributed by atoms with Gasteiger partial charge in [-0.25, -0.2) is 4.98 Å². The first-order valence-corrected chi connectivity index (χ1v) is 10.7. The topological polar surface area (TPSA) is 48.1 Å². The molecule has 1 saturated heterocycles. The van der Waals surface area contributed by atoms with Crippen LogP contribution in [0.15, 0.2) is 67.0 Å². The summed E-state index contributed by atoms with van der Waals surface area (Å²) in [4.78, 5) is 9.48. The summed E-state index contributed by atoms with van der Waals surface area (Å²) in [6.07, 6.45) is 1.85. The molecule has 0 saturated carbocycles. The van der Waals surface area contributed by atoms with E-state index in [0.717, 1.165) is 54.0 Å². The van der Waals surface area contributed by atoms with E-state index in [1.54, 1.807) is 0 Å². The van der Waals surface area contributed by atoms with Crippen molar-refractivity contribution in [2.75, 3.05) is 38.1 Å². The third kappa shape index (κ3) is 3.45. The Morgan fingerprint density at radius 2 is 1.68 bits per heavy atom. The first-order valence-electron chi connectivity index (χ1n) is 10.7. The summed E-state index contributed by atoms with van der Waals surface area (Å²) in [5, 5.41) is 9.65. The Morgan fingerprint density at radius 3 is 2.42 bits per heavy atom. The number of rotatable bonds is 3. The summed E-state index contributed by atoms with van der Waals surface area (Å²) in [6, 6.07) is 22.9. The number of anilines is 1. The van der Waals surface area contributed by atoms with E-state index in [0.29, 0.717) is 5.56 Å². The maximum absolute atomic E-state index is 9.65. The molecule has 5 rings (SSSR count). The van der Waals surface area contributed by atoms with Crippen LogP contribution in [0.1, 0.15) is 11.1 Å². The zero-order chi connectivity index (χ0) is 21.4. The summed E-state index contributed by atoms with van der Waals surface area (Å²) in [5.41, 5.74) is 8.26. The van der Waals surface area contributed by atoms with Crippen LogP contribution in [0, 0.1) is 18.3 Å². The molecule has 0 bridgehead atoms. The smallest absolute Gasteiger partial charge is 0.100 e. The van der Waals surface area contributed by atoms with Gasteiger partial charge in [-0.1, -0.05) is 30.3 Å². The van der Waals surface area contributed by atoms with Gasteiger partial charge >= 0.3 is 0 Å². The normalized spacial score (nSPS) is 14.7. The number of aromatic nitrogens is 2. The minimum Gasteiger partial charge on any atom is -0.369 e. The highest BCUT2D eigenvalue weighted by Gasteiger charge is 2.20. The molecule has 0 atom stereocenters. The van der Waals surface area contributed by atoms with E-state index in [1.807, 2.05) is 36.7 Å². The minimum atomic E-state index is 0.630. The summed E-state index contributed by atoms with van der Waals surface area (Å²) < 4.78 is 2.12. The van der Waals surface area contributed by atoms with Crippen molar-refractivity contribution in [1.82, 2.24) is 14.5 Å². The maximum Gasteiger partial charge on any atom is 0.100 e. The number of piperazine rings is 1. The Labute approximate surface area is 182 Å². The van der Waals surface area contributed by atoms with Gasteiger partial charge in [0.05, 0.1) is 22.7 Å². The zero-order valence-electron chi connectivity index (χ0n) is 17.9. The number of likely N-dealkylation sites (N-methyl/N-ethyl adjacent to an activating group) is 1. The molecule has 2 heterocycles. The molecule has 0 unspecified atom stereocenters. The fourth-order valence-corrected chi connectivity index (χ4v) is 4.51. The lowest BCUT2D eigenvalue weighted by Crippen LogP contribution is -2.44. The van der Waals surface area contributed by atoms with Crippen molar-refractivity contribution in [3.8, 4) is 22.9 Å². The highest BCUT2D eigenvalue weighted by atomic mass is 15.2. The van der Waals surface area contributed by atoms with Gasteiger partial charge in [-0.15, -0.1) is 0 Å². The van der Waals surface area contributed by atoms with Gasteiger partial charge in [0.1, 0.15) is 6.33 Å². The Morgan fingerprint density at radius 1 is 0.903 bits per heavy atom. The SMILES string of the molecule is Cc1c(-c2cc(C#N)cc3ncn(-c4ccccc4)c23)cccc1N1CCN(C)CC1. The van der Waals surface area contributed by atoms with Crippen LogP contribution in [-0.4, -0.2) is 47.7 Å². The number of nitrogens with zero attached hydrogens (tertiary/aromatic N) is 5. The van der Waals surface area contributed by atoms with E-state index < -0.39 is 0 Å². The molecular formula is C26H25N5. The molecule has 1 aliphatic rings. The molecule has 154 valence electrons. The number of imidazole rings is 1. The lowest BCUT2D eigenvalue weighted by atomic mass is 9.95. The van der Waals surface area contributed by atoms with Crippen LogP contribution in [0.2, 0.25) is 0 Å². The highest BCUT2D eigenvalue weighted by Crippen LogP contribution is 2.36. The van der Waals surface area contributed by atoms with Gasteiger partial charge in [-0.2, -0.15) is 5.26 Å². The number of hydrogen-bond donors (Lipinski definition) is 0. The largest absolute Gasteiger partial charge is 0.369 e. The van der Waals surface area contributed by atoms with Gasteiger partial charge in [0.15, 0.2) is 0 Å². The van der Waals surface area contributed by atoms with Crippen molar-refractivity contribution in [1.29, 1.82) is 5.26 Å². The third-order valence-electron chi connectivity index (χ3n) is 6.25. The first kappa shape index (κ1) is 19.3. The second kappa shape index (κ2) is 7.90. The van der Waals surface area contributed by atoms with Crippen LogP contribution in [0.3, 0.4) is 0 Å². The molecule has 1 aromatic heterocycles. The molecule has 0 N–H and O–H groups in total. The number of nitriles is 1. The second-order valence-corrected chi connectivity index (χ2v) is 8.19. The number of para-hydroxylation sites is 1. The second-order valence-electron chi connectivity index (χ2n) is 8.19. The van der Waals surface area contributed by atoms with Gasteiger partial charge in [-0.3, -0.25) is 4.57 Å². The number of hydrogen-bond acceptors (Lipinski definition) is 4. The number of benzene rings is 3. The van der Waals surface area contributed by atoms with E-state index in [1.165, 1.54) is 11.3 Å². The van der Waals surface area contributed by atoms with Crippen LogP contribution in [0.5, 0.6) is 0 Å². The highest BCUT2D eigenvalue weighted by molar-refractivity contribution is 5.96. The van der Waals surface area contributed by atoms with Gasteiger partial charge < -0.3 is 9.80 Å². The van der Waals surface area contributed by atoms with Crippen molar-refractivity contribution >= 4 is 16.7 Å². The van der Waals surface area contributed by atoms with E-state index in [2.05, 4.69) is 69.7 Å². The van der Waals surface area contributed by atoms with Crippen molar-refractivity contribution in [2.24, 2.45) is 0 Å². The predicted octanol–water partition coefficient (Wildman–Crippen LogP) is 4.62. The van der Waals surface area contributed by atoms with Gasteiger partial charge in [-0.05, 0) is 55.4 Å². The molecule has 4 aromatic rings. The van der Waals surface area contributed by atoms with Gasteiger partial charge in [0.2, 0.25) is 0 Å². The zero-order valence-corrected chi connectivity index (χ0v) is 17.9. The van der Waals surface area contributed by atoms with Crippen molar-refractivity contribution < 1.29 is 0 Å². The van der Waals surface area contributed by atoms with Crippen molar-refractivity contribution in [2.45, 2.75) is 6.92 Å². The summed E-state index contributed by atoms with van der Waals surface area (Å²) >= 11 is 0. The molecule has 0 radical (unpaired) electrons. The Balaban J connectivity index is 1.71. The molecular weight excluding hydrogens is 382 g/mol. The van der Waals surface area contributed by atoms with Crippen LogP contribution in [0.25, 0.3) is 27.8 Å². The van der Waals surface area contributed by atoms with E-state index in [4.69, 9.17) is 0 Å². The summed E-state index contributed by atoms with van der Waals surface area (Å²) in [7, 11) is 2.18. The lowest BCUT2D eigenvalue weighted by Gasteiger charge is -2.35. The number of fused-ring (bicyclic) bond motifs is 1. The first-order chi connectivity index (χ1) is 15.2. The molecule has 5 nitrogen and oxygen atoms in total. The van der Waals surface area contributed by atoms with E-state index in [9.17, 15) is 5.26 Å². The standard InChI is InChI=1S/C26H25N5/c1-19-22(9-6-10-25(19)30-13-11-29(2)12-14-30)23-15-20(17-27)16-24-26(23)31(18-28-24)21-7-4-3-5-8-21/h3-10,15-16,18H,11-14H2,1-2H3. The van der Waals surface area contributed by atoms with Crippen molar-refractivity contribution in [3.63, 3.8) is 0 Å². The molecule has 1 fully saturated rings. The predicted molar refractivity (Wildman–Crippen MR) is 126 cm³/mol. The van der Waals surface area contributed by atoms with Crippen LogP contribution < -0.4 is 4.90 Å². The third-order valence-corrected chi connectivity index (χ3v) is 6.25. The van der Waals surface area contributed by atoms with Crippen LogP contribution in [0.4, 0.5) is 5.69 Å². The van der Waals surface area contributed by atoms with Gasteiger partial charge in [0.25, 0.3) is 0 Å². The van der Waals surface area contributed by atoms with E-state index in [-0.39, 0.29) is 0 Å². The fraction of sp³-hybridized carbons (Fsp3) is 0.231. The quantitative estimate of drug-likeness (QED) is 0.497. The molecule has 0 amide bonds. The maximum atomic E-state index is 9.65. The minimum absolute atomic E-state index is 0.630. The Hall–Kier alpha value is -3.62. The average molecular weight is 408 g/mol. The average Bonchev–Trinajstić information content (AvgIpc) is 3.24. The summed E-state index contributed by atoms with van der Waals surface area (Å²) in [6.45, 7) is 6.38. The van der Waals surface area contributed by atoms with Gasteiger partial charge in [0, 0.05) is 43.1 Å². The molecule has 0 aliphatic carbocycles. The van der Waals surface area contributed by atoms with Crippen molar-refractivity contribution in [3.05, 3.63) is 78.1 Å². The molecule has 0 spiro atoms. The molecule has 3 aromatic carbocycles. The fourth-order valence-electron chi connectivity index (χ4n) is 4.51.